The number of hydrogen-bond acceptors (Lipinski definition) is 2. The summed E-state index contributed by atoms with van der Waals surface area (Å²) in [5.74, 6) is 0. The van der Waals surface area contributed by atoms with E-state index >= 15 is 0 Å². The minimum atomic E-state index is -2.41. The Hall–Kier alpha value is -0.0800. The topological polar surface area (TPSA) is 24.1 Å². The van der Waals surface area contributed by atoms with Crippen molar-refractivity contribution in [3.05, 3.63) is 0 Å². The van der Waals surface area contributed by atoms with Crippen molar-refractivity contribution in [2.24, 2.45) is 0 Å². The predicted octanol–water partition coefficient (Wildman–Crippen LogP) is -0.516. The van der Waals surface area contributed by atoms with Crippen LogP contribution in [0.3, 0.4) is 0 Å². The van der Waals surface area contributed by atoms with Crippen molar-refractivity contribution in [3.8, 4) is 0 Å². The van der Waals surface area contributed by atoms with E-state index in [1.807, 2.05) is 0 Å². The lowest BCUT2D eigenvalue weighted by molar-refractivity contribution is 0.689. The Labute approximate surface area is 40.1 Å². The van der Waals surface area contributed by atoms with E-state index in [-0.39, 0.29) is 5.42 Å². The summed E-state index contributed by atoms with van der Waals surface area (Å²) in [7, 11) is 0. The van der Waals surface area contributed by atoms with E-state index in [4.69, 9.17) is 8.31 Å². The van der Waals surface area contributed by atoms with Gasteiger partial charge in [0.2, 0.25) is 0 Å². The molecule has 0 spiro atoms. The maximum atomic E-state index is 7.12. The molecule has 0 aromatic carbocycles. The molecule has 0 aromatic rings. The fourth-order valence-corrected chi connectivity index (χ4v) is 0.177. The third kappa shape index (κ3) is 0.597. The summed E-state index contributed by atoms with van der Waals surface area (Å²) in [6.07, 6.45) is -2.16. The molecule has 1 saturated heterocycles. The predicted molar refractivity (Wildman–Crippen MR) is 20.6 cm³/mol. The molecule has 0 aliphatic carbocycles. The molecule has 0 bridgehead atoms. The third-order valence-corrected chi connectivity index (χ3v) is 0.350. The molecule has 1 aliphatic rings. The van der Waals surface area contributed by atoms with Crippen LogP contribution in [-0.2, 0) is 0 Å². The summed E-state index contributed by atoms with van der Waals surface area (Å²) in [5.41, 5.74) is 0.660. The van der Waals surface area contributed by atoms with Gasteiger partial charge in [-0.15, -0.1) is 0 Å². The van der Waals surface area contributed by atoms with Gasteiger partial charge in [0.1, 0.15) is 2.82 Å². The zero-order chi connectivity index (χ0) is 8.86. The number of nitrogens with one attached hydrogen (secondary N) is 2. The first-order valence-corrected chi connectivity index (χ1v) is 1.34. The Balaban J connectivity index is 2.92. The Bertz CT molecular complexity index is 169. The fraction of sp³-hybridized carbons (Fsp3) is 1.00. The van der Waals surface area contributed by atoms with Gasteiger partial charge < -0.3 is 0 Å². The molecular weight excluding hydrogens is 64.0 g/mol. The van der Waals surface area contributed by atoms with Crippen molar-refractivity contribution in [3.63, 3.8) is 0 Å². The number of hydrogen-bond donors (Lipinski definition) is 2. The van der Waals surface area contributed by atoms with Crippen LogP contribution < -0.4 is 10.8 Å². The quantitative estimate of drug-likeness (QED) is 0.407. The largest absolute Gasteiger partial charge is 0.258 e. The molecule has 0 amide bonds. The Morgan fingerprint density at radius 3 is 3.00 bits per heavy atom. The van der Waals surface area contributed by atoms with Gasteiger partial charge >= 0.3 is 0 Å². The number of rotatable bonds is 0. The van der Waals surface area contributed by atoms with E-state index in [0.29, 0.717) is 5.42 Å². The minimum Gasteiger partial charge on any atom is -0.258 e. The average molecular weight is 78.1 g/mol. The van der Waals surface area contributed by atoms with Crippen LogP contribution in [0.15, 0.2) is 0 Å². The van der Waals surface area contributed by atoms with Crippen molar-refractivity contribution in [2.75, 3.05) is 13.0 Å². The second-order valence-corrected chi connectivity index (χ2v) is 0.688. The van der Waals surface area contributed by atoms with Gasteiger partial charge in [0.15, 0.2) is 0 Å². The summed E-state index contributed by atoms with van der Waals surface area (Å²) < 4.78 is 42.3. The van der Waals surface area contributed by atoms with Gasteiger partial charge in [-0.1, -0.05) is 0 Å². The standard InChI is InChI=1S/C3H8N2/c1-2-4-5-3-1/h4-5H,1-3H2/i1D2,2D2/hD2. The van der Waals surface area contributed by atoms with Gasteiger partial charge in [0.25, 0.3) is 0 Å². The first kappa shape index (κ1) is 0.634. The van der Waals surface area contributed by atoms with Gasteiger partial charge in [0, 0.05) is 18.5 Å². The van der Waals surface area contributed by atoms with Gasteiger partial charge in [-0.2, -0.15) is 0 Å². The second kappa shape index (κ2) is 1.38. The maximum Gasteiger partial charge on any atom is 0.141 e. The molecule has 1 aliphatic heterocycles. The van der Waals surface area contributed by atoms with Crippen LogP contribution >= 0.6 is 0 Å². The lowest BCUT2D eigenvalue weighted by Crippen LogP contribution is -2.21. The van der Waals surface area contributed by atoms with E-state index in [0.717, 1.165) is 0 Å². The molecule has 2 N–H and O–H groups in total. The molecule has 1 heterocycles. The summed E-state index contributed by atoms with van der Waals surface area (Å²) in [4.78, 5) is 0. The van der Waals surface area contributed by atoms with Crippen molar-refractivity contribution >= 4 is 0 Å². The van der Waals surface area contributed by atoms with Crippen LogP contribution in [0.25, 0.3) is 0 Å². The van der Waals surface area contributed by atoms with E-state index in [2.05, 4.69) is 0 Å². The van der Waals surface area contributed by atoms with E-state index in [1.165, 1.54) is 0 Å². The van der Waals surface area contributed by atoms with Crippen molar-refractivity contribution in [2.45, 2.75) is 6.37 Å². The highest BCUT2D eigenvalue weighted by molar-refractivity contribution is 4.51. The molecule has 30 valence electrons. The van der Waals surface area contributed by atoms with Gasteiger partial charge in [-0.25, -0.2) is 0 Å². The van der Waals surface area contributed by atoms with Crippen molar-refractivity contribution in [1.82, 2.24) is 10.8 Å². The summed E-state index contributed by atoms with van der Waals surface area (Å²) >= 11 is 0. The molecule has 2 nitrogen and oxygen atoms in total. The van der Waals surface area contributed by atoms with E-state index in [9.17, 15) is 0 Å². The maximum absolute atomic E-state index is 7.12. The number of hydrazine groups is 1. The van der Waals surface area contributed by atoms with Gasteiger partial charge in [-0.3, -0.25) is 10.8 Å². The second-order valence-electron chi connectivity index (χ2n) is 0.688. The van der Waals surface area contributed by atoms with Crippen LogP contribution in [0.2, 0.25) is 2.82 Å². The SMILES string of the molecule is [2H]N1CC([2H])([2H])C([2H])([2H])N1[2H]. The highest BCUT2D eigenvalue weighted by Gasteiger charge is 1.91. The molecule has 1 fully saturated rings. The highest BCUT2D eigenvalue weighted by Crippen LogP contribution is 1.74. The molecule has 0 saturated carbocycles. The third-order valence-electron chi connectivity index (χ3n) is 0.350. The van der Waals surface area contributed by atoms with Crippen molar-refractivity contribution in [1.29, 1.82) is 0 Å². The first-order valence-electron chi connectivity index (χ1n) is 4.24. The van der Waals surface area contributed by atoms with Crippen molar-refractivity contribution < 1.29 is 8.31 Å². The fourth-order valence-electron chi connectivity index (χ4n) is 0.177. The molecule has 2 heteroatoms. The first-order chi connectivity index (χ1) is 4.79. The van der Waals surface area contributed by atoms with E-state index in [1.54, 1.807) is 0 Å². The highest BCUT2D eigenvalue weighted by atomic mass is 15.4. The smallest absolute Gasteiger partial charge is 0.141 e. The van der Waals surface area contributed by atoms with Crippen LogP contribution in [0.4, 0.5) is 0 Å². The molecule has 5 heavy (non-hydrogen) atoms. The monoisotopic (exact) mass is 78.1 g/mol. The molecule has 0 radical (unpaired) electrons. The van der Waals surface area contributed by atoms with Gasteiger partial charge in [0.05, 0.1) is 0 Å². The van der Waals surface area contributed by atoms with Crippen LogP contribution in [0, 0.1) is 0 Å². The van der Waals surface area contributed by atoms with Crippen LogP contribution in [-0.4, -0.2) is 13.0 Å². The lowest BCUT2D eigenvalue weighted by Gasteiger charge is -1.81. The minimum absolute atomic E-state index is 0.201. The Morgan fingerprint density at radius 2 is 2.80 bits per heavy atom. The zero-order valence-corrected chi connectivity index (χ0v) is 2.60. The molecule has 0 atom stereocenters. The van der Waals surface area contributed by atoms with Gasteiger partial charge in [-0.05, 0) is 6.37 Å². The molecule has 0 aromatic heterocycles. The average Bonchev–Trinajstić information content (AvgIpc) is 1.93. The molecular formula is C3H8N2. The summed E-state index contributed by atoms with van der Waals surface area (Å²) in [6, 6.07) is 0. The van der Waals surface area contributed by atoms with E-state index < -0.39 is 19.4 Å². The Kier molecular flexibility index (Phi) is 0.175. The Morgan fingerprint density at radius 1 is 1.80 bits per heavy atom. The lowest BCUT2D eigenvalue weighted by atomic mass is 10.5. The zero-order valence-electron chi connectivity index (χ0n) is 8.60. The summed E-state index contributed by atoms with van der Waals surface area (Å²) in [5, 5.41) is 0. The molecule has 0 unspecified atom stereocenters. The normalized spacial score (nSPS) is 69.6. The van der Waals surface area contributed by atoms with Crippen LogP contribution in [0.5, 0.6) is 0 Å². The summed E-state index contributed by atoms with van der Waals surface area (Å²) in [6.45, 7) is -2.82. The van der Waals surface area contributed by atoms with Crippen LogP contribution in [0.1, 0.15) is 11.9 Å². The molecule has 1 rings (SSSR count).